The quantitative estimate of drug-likeness (QED) is 0.228. The van der Waals surface area contributed by atoms with Crippen LogP contribution in [0, 0.1) is 11.8 Å². The number of aromatic hydroxyl groups is 1. The van der Waals surface area contributed by atoms with Crippen molar-refractivity contribution in [2.75, 3.05) is 21.2 Å². The van der Waals surface area contributed by atoms with Crippen LogP contribution in [0.4, 0.5) is 0 Å². The number of nitrogens with two attached hydrogens (primary N) is 1. The smallest absolute Gasteiger partial charge is 0.255 e. The lowest BCUT2D eigenvalue weighted by Crippen LogP contribution is -2.65. The number of oxime groups is 1. The van der Waals surface area contributed by atoms with Gasteiger partial charge in [0.1, 0.15) is 30.0 Å². The number of carbonyl (C=O) groups is 3. The molecule has 1 amide bonds. The zero-order valence-electron chi connectivity index (χ0n) is 19.7. The van der Waals surface area contributed by atoms with Gasteiger partial charge in [-0.1, -0.05) is 5.16 Å². The minimum Gasteiger partial charge on any atom is -0.508 e. The first-order valence-electron chi connectivity index (χ1n) is 11.0. The van der Waals surface area contributed by atoms with Gasteiger partial charge in [-0.05, 0) is 57.5 Å². The number of rotatable bonds is 4. The Kier molecular flexibility index (Phi) is 5.73. The number of aliphatic hydroxyl groups excluding tert-OH is 2. The Bertz CT molecular complexity index is 1260. The molecule has 3 aliphatic rings. The molecule has 3 aliphatic carbocycles. The lowest BCUT2D eigenvalue weighted by molar-refractivity contribution is -0.153. The number of Topliss-reactive ketones (excluding diaryl/α,β-unsaturated/α-hetero) is 2. The van der Waals surface area contributed by atoms with E-state index < -0.39 is 58.0 Å². The van der Waals surface area contributed by atoms with E-state index in [4.69, 9.17) is 10.6 Å². The highest BCUT2D eigenvalue weighted by atomic mass is 16.6. The highest BCUT2D eigenvalue weighted by molar-refractivity contribution is 6.24. The van der Waals surface area contributed by atoms with Crippen LogP contribution in [0.15, 0.2) is 34.2 Å². The Morgan fingerprint density at radius 2 is 1.89 bits per heavy atom. The van der Waals surface area contributed by atoms with Gasteiger partial charge in [0.15, 0.2) is 11.4 Å². The molecule has 0 radical (unpaired) electrons. The van der Waals surface area contributed by atoms with E-state index in [0.717, 1.165) is 0 Å². The van der Waals surface area contributed by atoms with Crippen molar-refractivity contribution in [1.82, 2.24) is 4.90 Å². The fourth-order valence-corrected chi connectivity index (χ4v) is 5.77. The molecule has 4 atom stereocenters. The van der Waals surface area contributed by atoms with Crippen LogP contribution in [0.2, 0.25) is 0 Å². The number of primary amides is 1. The molecule has 0 aromatic heterocycles. The van der Waals surface area contributed by atoms with E-state index in [2.05, 4.69) is 5.16 Å². The molecule has 186 valence electrons. The predicted octanol–water partition coefficient (Wildman–Crippen LogP) is 0.334. The summed E-state index contributed by atoms with van der Waals surface area (Å²) in [7, 11) is 4.48. The lowest BCUT2D eigenvalue weighted by atomic mass is 9.57. The van der Waals surface area contributed by atoms with Crippen LogP contribution in [0.3, 0.4) is 0 Å². The average molecular weight is 485 g/mol. The SMILES string of the molecule is CO/N=C(\C)c1ccc(O)c2c1C[C@@H]1C[C@@H]3[C@@H](N(C)C)C(=O)C(C(N)=O)=C(O)[C@]3(O)C(=O)C1=C2O. The second kappa shape index (κ2) is 8.21. The van der Waals surface area contributed by atoms with Crippen molar-refractivity contribution in [2.45, 2.75) is 31.4 Å². The molecule has 6 N–H and O–H groups in total. The van der Waals surface area contributed by atoms with E-state index in [9.17, 15) is 34.8 Å². The van der Waals surface area contributed by atoms with Crippen LogP contribution < -0.4 is 5.73 Å². The molecular weight excluding hydrogens is 458 g/mol. The molecule has 0 aliphatic heterocycles. The molecule has 0 unspecified atom stereocenters. The monoisotopic (exact) mass is 485 g/mol. The zero-order valence-corrected chi connectivity index (χ0v) is 19.7. The van der Waals surface area contributed by atoms with Gasteiger partial charge in [-0.25, -0.2) is 0 Å². The number of amides is 1. The molecule has 1 aromatic carbocycles. The average Bonchev–Trinajstić information content (AvgIpc) is 2.76. The van der Waals surface area contributed by atoms with Gasteiger partial charge >= 0.3 is 0 Å². The molecular formula is C24H27N3O8. The molecule has 0 bridgehead atoms. The maximum atomic E-state index is 13.8. The van der Waals surface area contributed by atoms with Gasteiger partial charge in [0.05, 0.1) is 17.3 Å². The Balaban J connectivity index is 1.98. The van der Waals surface area contributed by atoms with Gasteiger partial charge < -0.3 is 31.0 Å². The molecule has 1 fully saturated rings. The third-order valence-corrected chi connectivity index (χ3v) is 7.22. The maximum Gasteiger partial charge on any atom is 0.255 e. The third kappa shape index (κ3) is 3.26. The number of benzene rings is 1. The van der Waals surface area contributed by atoms with Crippen molar-refractivity contribution in [3.8, 4) is 5.75 Å². The summed E-state index contributed by atoms with van der Waals surface area (Å²) < 4.78 is 0. The largest absolute Gasteiger partial charge is 0.508 e. The van der Waals surface area contributed by atoms with Gasteiger partial charge in [-0.3, -0.25) is 19.3 Å². The van der Waals surface area contributed by atoms with Crippen molar-refractivity contribution in [1.29, 1.82) is 0 Å². The number of likely N-dealkylation sites (N-methyl/N-ethyl adjacent to an activating group) is 1. The summed E-state index contributed by atoms with van der Waals surface area (Å²) in [6.07, 6.45) is 0.191. The van der Waals surface area contributed by atoms with Crippen LogP contribution in [0.25, 0.3) is 5.76 Å². The van der Waals surface area contributed by atoms with Gasteiger partial charge in [0.2, 0.25) is 5.78 Å². The van der Waals surface area contributed by atoms with Crippen LogP contribution in [-0.4, -0.2) is 81.4 Å². The number of phenols is 1. The van der Waals surface area contributed by atoms with Gasteiger partial charge in [-0.15, -0.1) is 0 Å². The number of fused-ring (bicyclic) bond motifs is 3. The van der Waals surface area contributed by atoms with E-state index in [0.29, 0.717) is 16.8 Å². The van der Waals surface area contributed by atoms with Crippen molar-refractivity contribution in [3.05, 3.63) is 45.7 Å². The Labute approximate surface area is 200 Å². The summed E-state index contributed by atoms with van der Waals surface area (Å²) in [5.41, 5.74) is 3.19. The van der Waals surface area contributed by atoms with Crippen molar-refractivity contribution in [3.63, 3.8) is 0 Å². The summed E-state index contributed by atoms with van der Waals surface area (Å²) >= 11 is 0. The van der Waals surface area contributed by atoms with Crippen LogP contribution in [0.1, 0.15) is 30.0 Å². The second-order valence-corrected chi connectivity index (χ2v) is 9.31. The molecule has 0 saturated heterocycles. The number of nitrogens with zero attached hydrogens (tertiary/aromatic N) is 2. The fraction of sp³-hybridized carbons (Fsp3) is 0.417. The second-order valence-electron chi connectivity index (χ2n) is 9.31. The molecule has 0 heterocycles. The van der Waals surface area contributed by atoms with Crippen molar-refractivity contribution >= 4 is 28.9 Å². The van der Waals surface area contributed by atoms with E-state index in [-0.39, 0.29) is 29.7 Å². The normalized spacial score (nSPS) is 28.6. The number of hydrogen-bond donors (Lipinski definition) is 5. The molecule has 11 heteroatoms. The van der Waals surface area contributed by atoms with Crippen molar-refractivity contribution in [2.24, 2.45) is 22.7 Å². The van der Waals surface area contributed by atoms with Crippen LogP contribution in [-0.2, 0) is 25.6 Å². The molecule has 11 nitrogen and oxygen atoms in total. The highest BCUT2D eigenvalue weighted by Gasteiger charge is 2.64. The van der Waals surface area contributed by atoms with Crippen LogP contribution >= 0.6 is 0 Å². The fourth-order valence-electron chi connectivity index (χ4n) is 5.77. The first-order valence-corrected chi connectivity index (χ1v) is 11.0. The molecule has 35 heavy (non-hydrogen) atoms. The van der Waals surface area contributed by atoms with Crippen molar-refractivity contribution < 1.29 is 39.6 Å². The summed E-state index contributed by atoms with van der Waals surface area (Å²) in [5.74, 6) is -6.86. The van der Waals surface area contributed by atoms with E-state index in [1.807, 2.05) is 0 Å². The molecule has 0 spiro atoms. The first-order chi connectivity index (χ1) is 16.4. The minimum absolute atomic E-state index is 0.00411. The van der Waals surface area contributed by atoms with E-state index in [1.54, 1.807) is 27.1 Å². The Morgan fingerprint density at radius 1 is 1.23 bits per heavy atom. The zero-order chi connectivity index (χ0) is 26.0. The summed E-state index contributed by atoms with van der Waals surface area (Å²) in [5, 5.41) is 48.1. The standard InChI is InChI=1S/C24H27N3O8/c1-9(26-35-4)11-5-6-14(28)16-12(11)7-10-8-13-18(27(2)3)20(30)17(23(25)33)22(32)24(13,34)21(31)15(10)19(16)29/h5-6,10,13,18,28-29,32,34H,7-8H2,1-4H3,(H2,25,33)/b26-9+/t10-,13-,18-,24-/m1/s1. The number of aliphatic hydroxyl groups is 3. The highest BCUT2D eigenvalue weighted by Crippen LogP contribution is 2.52. The summed E-state index contributed by atoms with van der Waals surface area (Å²) in [6.45, 7) is 1.69. The number of carbonyl (C=O) groups excluding carboxylic acids is 3. The first kappa shape index (κ1) is 24.4. The molecule has 1 saturated carbocycles. The van der Waals surface area contributed by atoms with Gasteiger partial charge in [0, 0.05) is 17.1 Å². The van der Waals surface area contributed by atoms with E-state index >= 15 is 0 Å². The van der Waals surface area contributed by atoms with Gasteiger partial charge in [0.25, 0.3) is 5.91 Å². The number of ketones is 2. The Hall–Kier alpha value is -3.70. The molecule has 4 rings (SSSR count). The van der Waals surface area contributed by atoms with Gasteiger partial charge in [-0.2, -0.15) is 0 Å². The third-order valence-electron chi connectivity index (χ3n) is 7.22. The van der Waals surface area contributed by atoms with Crippen LogP contribution in [0.5, 0.6) is 5.75 Å². The summed E-state index contributed by atoms with van der Waals surface area (Å²) in [4.78, 5) is 45.2. The minimum atomic E-state index is -2.66. The number of hydrogen-bond acceptors (Lipinski definition) is 10. The summed E-state index contributed by atoms with van der Waals surface area (Å²) in [6, 6.07) is 1.83. The predicted molar refractivity (Wildman–Crippen MR) is 123 cm³/mol. The number of phenolic OH excluding ortho intramolecular Hbond substituents is 1. The lowest BCUT2D eigenvalue weighted by Gasteiger charge is -2.50. The maximum absolute atomic E-state index is 13.8. The van der Waals surface area contributed by atoms with E-state index in [1.165, 1.54) is 18.1 Å². The topological polar surface area (TPSA) is 183 Å². The Morgan fingerprint density at radius 3 is 2.46 bits per heavy atom. The molecule has 1 aromatic rings.